The number of benzene rings is 1. The molecule has 0 saturated carbocycles. The minimum Gasteiger partial charge on any atom is -0.485 e. The summed E-state index contributed by atoms with van der Waals surface area (Å²) >= 11 is 3.36. The zero-order valence-corrected chi connectivity index (χ0v) is 10.7. The molecule has 7 heteroatoms. The van der Waals surface area contributed by atoms with E-state index in [0.29, 0.717) is 25.5 Å². The van der Waals surface area contributed by atoms with Gasteiger partial charge in [-0.25, -0.2) is 0 Å². The predicted octanol–water partition coefficient (Wildman–Crippen LogP) is 0.973. The third-order valence-electron chi connectivity index (χ3n) is 2.00. The number of nitrogens with zero attached hydrogens (tertiary/aromatic N) is 4. The van der Waals surface area contributed by atoms with Crippen molar-refractivity contribution in [3.8, 4) is 5.75 Å². The van der Waals surface area contributed by atoms with Crippen molar-refractivity contribution in [3.05, 3.63) is 34.6 Å². The van der Waals surface area contributed by atoms with Crippen molar-refractivity contribution in [2.45, 2.75) is 13.2 Å². The molecule has 0 radical (unpaired) electrons. The topological polar surface area (TPSA) is 78.9 Å². The Balaban J connectivity index is 1.90. The summed E-state index contributed by atoms with van der Waals surface area (Å²) in [5.41, 5.74) is 5.38. The van der Waals surface area contributed by atoms with Crippen LogP contribution in [0.15, 0.2) is 28.7 Å². The lowest BCUT2D eigenvalue weighted by Crippen LogP contribution is -2.12. The van der Waals surface area contributed by atoms with E-state index in [1.807, 2.05) is 24.3 Å². The molecule has 2 rings (SSSR count). The van der Waals surface area contributed by atoms with Crippen LogP contribution in [0.2, 0.25) is 0 Å². The first-order chi connectivity index (χ1) is 8.28. The number of hydrogen-bond donors (Lipinski definition) is 1. The Kier molecular flexibility index (Phi) is 4.05. The van der Waals surface area contributed by atoms with Crippen LogP contribution in [0.1, 0.15) is 5.82 Å². The van der Waals surface area contributed by atoms with E-state index < -0.39 is 0 Å². The fourth-order valence-corrected chi connectivity index (χ4v) is 1.49. The molecule has 2 N–H and O–H groups in total. The second-order valence-electron chi connectivity index (χ2n) is 3.33. The van der Waals surface area contributed by atoms with Gasteiger partial charge < -0.3 is 10.5 Å². The number of rotatable bonds is 5. The van der Waals surface area contributed by atoms with Crippen LogP contribution < -0.4 is 10.5 Å². The van der Waals surface area contributed by atoms with Crippen molar-refractivity contribution in [3.63, 3.8) is 0 Å². The average molecular weight is 298 g/mol. The summed E-state index contributed by atoms with van der Waals surface area (Å²) in [5, 5.41) is 11.8. The van der Waals surface area contributed by atoms with Crippen molar-refractivity contribution in [2.24, 2.45) is 5.73 Å². The van der Waals surface area contributed by atoms with Crippen LogP contribution >= 0.6 is 15.9 Å². The number of halogens is 1. The lowest BCUT2D eigenvalue weighted by atomic mass is 10.3. The Labute approximate surface area is 107 Å². The summed E-state index contributed by atoms with van der Waals surface area (Å²) in [6.07, 6.45) is 0. The van der Waals surface area contributed by atoms with Gasteiger partial charge in [-0.1, -0.05) is 15.9 Å². The van der Waals surface area contributed by atoms with Gasteiger partial charge in [-0.15, -0.1) is 10.2 Å². The maximum Gasteiger partial charge on any atom is 0.212 e. The molecule has 6 nitrogen and oxygen atoms in total. The molecule has 0 aliphatic heterocycles. The third-order valence-corrected chi connectivity index (χ3v) is 2.53. The summed E-state index contributed by atoms with van der Waals surface area (Å²) < 4.78 is 6.52. The standard InChI is InChI=1S/C10H12BrN5O/c11-8-1-3-9(4-2-8)17-7-10-13-15-16(14-10)6-5-12/h1-4H,5-7,12H2. The second kappa shape index (κ2) is 5.74. The molecule has 0 aliphatic rings. The molecule has 0 spiro atoms. The van der Waals surface area contributed by atoms with Gasteiger partial charge in [0, 0.05) is 11.0 Å². The minimum absolute atomic E-state index is 0.298. The zero-order valence-electron chi connectivity index (χ0n) is 9.08. The molecule has 0 bridgehead atoms. The van der Waals surface area contributed by atoms with Crippen LogP contribution in [0, 0.1) is 0 Å². The molecule has 1 aromatic heterocycles. The number of nitrogens with two attached hydrogens (primary N) is 1. The van der Waals surface area contributed by atoms with Crippen molar-refractivity contribution >= 4 is 15.9 Å². The van der Waals surface area contributed by atoms with Gasteiger partial charge in [0.25, 0.3) is 0 Å². The highest BCUT2D eigenvalue weighted by Crippen LogP contribution is 2.16. The van der Waals surface area contributed by atoms with Gasteiger partial charge in [0.15, 0.2) is 6.61 Å². The van der Waals surface area contributed by atoms with E-state index in [1.54, 1.807) is 0 Å². The van der Waals surface area contributed by atoms with Gasteiger partial charge in [-0.2, -0.15) is 4.80 Å². The fourth-order valence-electron chi connectivity index (χ4n) is 1.22. The van der Waals surface area contributed by atoms with Crippen LogP contribution in [0.25, 0.3) is 0 Å². The normalized spacial score (nSPS) is 10.5. The van der Waals surface area contributed by atoms with E-state index in [0.717, 1.165) is 10.2 Å². The molecule has 0 unspecified atom stereocenters. The maximum atomic E-state index is 5.51. The van der Waals surface area contributed by atoms with Crippen molar-refractivity contribution in [1.29, 1.82) is 0 Å². The molecule has 0 fully saturated rings. The van der Waals surface area contributed by atoms with Gasteiger partial charge >= 0.3 is 0 Å². The van der Waals surface area contributed by atoms with Crippen molar-refractivity contribution in [2.75, 3.05) is 6.54 Å². The summed E-state index contributed by atoms with van der Waals surface area (Å²) in [6, 6.07) is 7.56. The van der Waals surface area contributed by atoms with Crippen LogP contribution in [-0.4, -0.2) is 26.8 Å². The first-order valence-corrected chi connectivity index (χ1v) is 5.92. The van der Waals surface area contributed by atoms with Crippen LogP contribution in [0.3, 0.4) is 0 Å². The molecule has 17 heavy (non-hydrogen) atoms. The summed E-state index contributed by atoms with van der Waals surface area (Å²) in [6.45, 7) is 1.35. The molecule has 90 valence electrons. The lowest BCUT2D eigenvalue weighted by molar-refractivity contribution is 0.295. The highest BCUT2D eigenvalue weighted by molar-refractivity contribution is 9.10. The molecule has 0 saturated heterocycles. The van der Waals surface area contributed by atoms with E-state index in [4.69, 9.17) is 10.5 Å². The van der Waals surface area contributed by atoms with Gasteiger partial charge in [-0.05, 0) is 29.5 Å². The average Bonchev–Trinajstić information content (AvgIpc) is 2.77. The zero-order chi connectivity index (χ0) is 12.1. The van der Waals surface area contributed by atoms with Crippen molar-refractivity contribution < 1.29 is 4.74 Å². The Morgan fingerprint density at radius 2 is 2.06 bits per heavy atom. The van der Waals surface area contributed by atoms with E-state index in [-0.39, 0.29) is 0 Å². The van der Waals surface area contributed by atoms with Gasteiger partial charge in [0.1, 0.15) is 5.75 Å². The molecule has 0 atom stereocenters. The van der Waals surface area contributed by atoms with Crippen molar-refractivity contribution in [1.82, 2.24) is 20.2 Å². The lowest BCUT2D eigenvalue weighted by Gasteiger charge is -2.02. The third kappa shape index (κ3) is 3.50. The fraction of sp³-hybridized carbons (Fsp3) is 0.300. The van der Waals surface area contributed by atoms with E-state index >= 15 is 0 Å². The highest BCUT2D eigenvalue weighted by atomic mass is 79.9. The summed E-state index contributed by atoms with van der Waals surface area (Å²) in [5.74, 6) is 1.31. The molecule has 2 aromatic rings. The van der Waals surface area contributed by atoms with Gasteiger partial charge in [0.2, 0.25) is 5.82 Å². The summed E-state index contributed by atoms with van der Waals surface area (Å²) in [4.78, 5) is 1.46. The summed E-state index contributed by atoms with van der Waals surface area (Å²) in [7, 11) is 0. The van der Waals surface area contributed by atoms with E-state index in [1.165, 1.54) is 4.80 Å². The number of aromatic nitrogens is 4. The van der Waals surface area contributed by atoms with Crippen LogP contribution in [-0.2, 0) is 13.2 Å². The van der Waals surface area contributed by atoms with Gasteiger partial charge in [-0.3, -0.25) is 0 Å². The molecular weight excluding hydrogens is 286 g/mol. The minimum atomic E-state index is 0.298. The van der Waals surface area contributed by atoms with E-state index in [9.17, 15) is 0 Å². The second-order valence-corrected chi connectivity index (χ2v) is 4.25. The Morgan fingerprint density at radius 1 is 1.29 bits per heavy atom. The molecule has 0 amide bonds. The number of tetrazole rings is 1. The number of ether oxygens (including phenoxy) is 1. The first-order valence-electron chi connectivity index (χ1n) is 5.13. The van der Waals surface area contributed by atoms with Crippen LogP contribution in [0.5, 0.6) is 5.75 Å². The van der Waals surface area contributed by atoms with Crippen LogP contribution in [0.4, 0.5) is 0 Å². The molecule has 0 aliphatic carbocycles. The quantitative estimate of drug-likeness (QED) is 0.890. The smallest absolute Gasteiger partial charge is 0.212 e. The highest BCUT2D eigenvalue weighted by Gasteiger charge is 2.03. The largest absolute Gasteiger partial charge is 0.485 e. The molecule has 1 aromatic carbocycles. The number of hydrogen-bond acceptors (Lipinski definition) is 5. The monoisotopic (exact) mass is 297 g/mol. The Morgan fingerprint density at radius 3 is 2.76 bits per heavy atom. The SMILES string of the molecule is NCCn1nnc(COc2ccc(Br)cc2)n1. The van der Waals surface area contributed by atoms with E-state index in [2.05, 4.69) is 31.3 Å². The maximum absolute atomic E-state index is 5.51. The Hall–Kier alpha value is -1.47. The predicted molar refractivity (Wildman–Crippen MR) is 65.3 cm³/mol. The molecular formula is C10H12BrN5O. The van der Waals surface area contributed by atoms with Gasteiger partial charge in [0.05, 0.1) is 6.54 Å². The Bertz CT molecular complexity index is 470. The first kappa shape index (κ1) is 12.0. The molecule has 1 heterocycles.